The van der Waals surface area contributed by atoms with Gasteiger partial charge in [0.05, 0.1) is 5.01 Å². The lowest BCUT2D eigenvalue weighted by molar-refractivity contribution is -0.116. The Bertz CT molecular complexity index is 818. The molecule has 0 radical (unpaired) electrons. The molecule has 2 N–H and O–H groups in total. The molecule has 0 aliphatic heterocycles. The maximum Gasteiger partial charge on any atom is 0.244 e. The molecule has 0 spiro atoms. The number of aryl methyl sites for hydroxylation is 1. The van der Waals surface area contributed by atoms with Crippen molar-refractivity contribution in [3.63, 3.8) is 0 Å². The van der Waals surface area contributed by atoms with Gasteiger partial charge in [-0.05, 0) is 30.5 Å². The van der Waals surface area contributed by atoms with Crippen molar-refractivity contribution >= 4 is 44.7 Å². The van der Waals surface area contributed by atoms with Crippen molar-refractivity contribution in [1.29, 1.82) is 0 Å². The number of aliphatic hydroxyl groups excluding tert-OH is 1. The molecule has 2 aromatic heterocycles. The minimum Gasteiger partial charge on any atom is -0.386 e. The lowest BCUT2D eigenvalue weighted by atomic mass is 10.2. The summed E-state index contributed by atoms with van der Waals surface area (Å²) in [5, 5.41) is 15.0. The molecule has 1 atom stereocenters. The predicted molar refractivity (Wildman–Crippen MR) is 95.7 cm³/mol. The van der Waals surface area contributed by atoms with Gasteiger partial charge in [0, 0.05) is 33.3 Å². The van der Waals surface area contributed by atoms with Crippen molar-refractivity contribution in [3.8, 4) is 0 Å². The highest BCUT2D eigenvalue weighted by Gasteiger charge is 2.12. The second-order valence-corrected chi connectivity index (χ2v) is 7.44. The number of amides is 1. The Morgan fingerprint density at radius 2 is 2.22 bits per heavy atom. The highest BCUT2D eigenvalue weighted by Crippen LogP contribution is 2.29. The molecule has 0 saturated carbocycles. The van der Waals surface area contributed by atoms with Gasteiger partial charge in [-0.25, -0.2) is 4.98 Å². The summed E-state index contributed by atoms with van der Waals surface area (Å²) in [6, 6.07) is 9.95. The summed E-state index contributed by atoms with van der Waals surface area (Å²) < 4.78 is 1.13. The van der Waals surface area contributed by atoms with E-state index in [2.05, 4.69) is 10.3 Å². The zero-order chi connectivity index (χ0) is 16.2. The molecule has 1 aromatic carbocycles. The normalized spacial score (nSPS) is 12.8. The summed E-state index contributed by atoms with van der Waals surface area (Å²) in [6.07, 6.45) is 4.22. The highest BCUT2D eigenvalue weighted by atomic mass is 32.1. The number of fused-ring (bicyclic) bond motifs is 1. The first-order valence-corrected chi connectivity index (χ1v) is 8.80. The van der Waals surface area contributed by atoms with Crippen LogP contribution in [0.5, 0.6) is 0 Å². The monoisotopic (exact) mass is 344 g/mol. The van der Waals surface area contributed by atoms with E-state index in [1.165, 1.54) is 17.4 Å². The van der Waals surface area contributed by atoms with Gasteiger partial charge in [-0.2, -0.15) is 0 Å². The van der Waals surface area contributed by atoms with Crippen LogP contribution in [0.15, 0.2) is 42.6 Å². The molecule has 3 rings (SSSR count). The number of carbonyl (C=O) groups excluding carboxylic acids is 1. The second-order valence-electron chi connectivity index (χ2n) is 5.06. The Hall–Kier alpha value is -2.02. The van der Waals surface area contributed by atoms with Crippen LogP contribution in [0.3, 0.4) is 0 Å². The van der Waals surface area contributed by atoms with Crippen LogP contribution in [0.2, 0.25) is 0 Å². The van der Waals surface area contributed by atoms with Gasteiger partial charge in [0.1, 0.15) is 6.10 Å². The third-order valence-electron chi connectivity index (χ3n) is 3.28. The largest absolute Gasteiger partial charge is 0.386 e. The summed E-state index contributed by atoms with van der Waals surface area (Å²) in [5.41, 5.74) is 0. The number of aromatic nitrogens is 1. The SMILES string of the molecule is Cc1ncc(/C=C/C(=O)NCC(O)c2cc3ccccc3s2)s1. The van der Waals surface area contributed by atoms with Crippen LogP contribution in [0, 0.1) is 6.92 Å². The van der Waals surface area contributed by atoms with Gasteiger partial charge >= 0.3 is 0 Å². The molecule has 0 fully saturated rings. The first-order valence-electron chi connectivity index (χ1n) is 7.17. The van der Waals surface area contributed by atoms with E-state index in [9.17, 15) is 9.90 Å². The molecule has 2 heterocycles. The topological polar surface area (TPSA) is 62.2 Å². The van der Waals surface area contributed by atoms with Crippen molar-refractivity contribution in [3.05, 3.63) is 57.4 Å². The molecule has 1 amide bonds. The Morgan fingerprint density at radius 3 is 2.96 bits per heavy atom. The summed E-state index contributed by atoms with van der Waals surface area (Å²) in [7, 11) is 0. The fourth-order valence-electron chi connectivity index (χ4n) is 2.14. The zero-order valence-corrected chi connectivity index (χ0v) is 14.2. The average Bonchev–Trinajstić information content (AvgIpc) is 3.16. The van der Waals surface area contributed by atoms with Crippen molar-refractivity contribution in [2.45, 2.75) is 13.0 Å². The molecule has 6 heteroatoms. The third kappa shape index (κ3) is 4.04. The van der Waals surface area contributed by atoms with Gasteiger partial charge < -0.3 is 10.4 Å². The van der Waals surface area contributed by atoms with E-state index in [0.717, 1.165) is 24.8 Å². The maximum atomic E-state index is 11.8. The summed E-state index contributed by atoms with van der Waals surface area (Å²) in [5.74, 6) is -0.226. The first-order chi connectivity index (χ1) is 11.1. The van der Waals surface area contributed by atoms with Gasteiger partial charge in [-0.3, -0.25) is 4.79 Å². The van der Waals surface area contributed by atoms with Gasteiger partial charge in [-0.1, -0.05) is 18.2 Å². The summed E-state index contributed by atoms with van der Waals surface area (Å²) in [4.78, 5) is 17.7. The summed E-state index contributed by atoms with van der Waals surface area (Å²) in [6.45, 7) is 2.11. The lowest BCUT2D eigenvalue weighted by Gasteiger charge is -2.08. The number of carbonyl (C=O) groups is 1. The predicted octanol–water partition coefficient (Wildman–Crippen LogP) is 3.53. The van der Waals surface area contributed by atoms with E-state index >= 15 is 0 Å². The number of hydrogen-bond acceptors (Lipinski definition) is 5. The Kier molecular flexibility index (Phi) is 4.85. The number of nitrogens with one attached hydrogen (secondary N) is 1. The molecule has 0 bridgehead atoms. The zero-order valence-electron chi connectivity index (χ0n) is 12.5. The highest BCUT2D eigenvalue weighted by molar-refractivity contribution is 7.19. The van der Waals surface area contributed by atoms with Crippen LogP contribution < -0.4 is 5.32 Å². The lowest BCUT2D eigenvalue weighted by Crippen LogP contribution is -2.26. The van der Waals surface area contributed by atoms with Gasteiger partial charge in [0.15, 0.2) is 0 Å². The number of nitrogens with zero attached hydrogens (tertiary/aromatic N) is 1. The standard InChI is InChI=1S/C17H16N2O2S2/c1-11-18-9-13(22-11)6-7-17(21)19-10-14(20)16-8-12-4-2-3-5-15(12)23-16/h2-9,14,20H,10H2,1H3,(H,19,21)/b7-6+. The number of thiazole rings is 1. The Morgan fingerprint density at radius 1 is 1.39 bits per heavy atom. The molecule has 23 heavy (non-hydrogen) atoms. The Balaban J connectivity index is 1.56. The first kappa shape index (κ1) is 15.9. The van der Waals surface area contributed by atoms with Crippen LogP contribution in [0.4, 0.5) is 0 Å². The van der Waals surface area contributed by atoms with Gasteiger partial charge in [-0.15, -0.1) is 22.7 Å². The van der Waals surface area contributed by atoms with Crippen LogP contribution >= 0.6 is 22.7 Å². The molecule has 1 unspecified atom stereocenters. The molecular formula is C17H16N2O2S2. The fraction of sp³-hybridized carbons (Fsp3) is 0.176. The van der Waals surface area contributed by atoms with Crippen molar-refractivity contribution < 1.29 is 9.90 Å². The molecule has 0 saturated heterocycles. The maximum absolute atomic E-state index is 11.8. The van der Waals surface area contributed by atoms with E-state index in [1.807, 2.05) is 37.3 Å². The molecule has 3 aromatic rings. The Labute approximate surface area is 142 Å². The molecule has 0 aliphatic rings. The van der Waals surface area contributed by atoms with Crippen molar-refractivity contribution in [1.82, 2.24) is 10.3 Å². The van der Waals surface area contributed by atoms with Crippen molar-refractivity contribution in [2.24, 2.45) is 0 Å². The van der Waals surface area contributed by atoms with Crippen LogP contribution in [0.25, 0.3) is 16.2 Å². The number of rotatable bonds is 5. The minimum absolute atomic E-state index is 0.192. The average molecular weight is 344 g/mol. The number of aliphatic hydroxyl groups is 1. The van der Waals surface area contributed by atoms with Crippen LogP contribution in [-0.2, 0) is 4.79 Å². The molecule has 118 valence electrons. The van der Waals surface area contributed by atoms with Gasteiger partial charge in [0.2, 0.25) is 5.91 Å². The molecule has 4 nitrogen and oxygen atoms in total. The van der Waals surface area contributed by atoms with Gasteiger partial charge in [0.25, 0.3) is 0 Å². The van der Waals surface area contributed by atoms with E-state index in [-0.39, 0.29) is 12.5 Å². The fourth-order valence-corrected chi connectivity index (χ4v) is 3.87. The molecule has 0 aliphatic carbocycles. The van der Waals surface area contributed by atoms with E-state index in [1.54, 1.807) is 23.6 Å². The number of benzene rings is 1. The quantitative estimate of drug-likeness (QED) is 0.696. The van der Waals surface area contributed by atoms with E-state index in [4.69, 9.17) is 0 Å². The van der Waals surface area contributed by atoms with Crippen molar-refractivity contribution in [2.75, 3.05) is 6.54 Å². The van der Waals surface area contributed by atoms with Crippen LogP contribution in [0.1, 0.15) is 20.9 Å². The molecular weight excluding hydrogens is 328 g/mol. The van der Waals surface area contributed by atoms with Crippen LogP contribution in [-0.4, -0.2) is 22.5 Å². The van der Waals surface area contributed by atoms with E-state index in [0.29, 0.717) is 0 Å². The second kappa shape index (κ2) is 7.04. The van der Waals surface area contributed by atoms with E-state index < -0.39 is 6.10 Å². The smallest absolute Gasteiger partial charge is 0.244 e. The third-order valence-corrected chi connectivity index (χ3v) is 5.38. The number of hydrogen-bond donors (Lipinski definition) is 2. The number of thiophene rings is 1. The summed E-state index contributed by atoms with van der Waals surface area (Å²) >= 11 is 3.07. The minimum atomic E-state index is -0.699.